The number of halogens is 3. The minimum absolute atomic E-state index is 0.0445. The summed E-state index contributed by atoms with van der Waals surface area (Å²) in [5.74, 6) is -0.846. The van der Waals surface area contributed by atoms with E-state index in [2.05, 4.69) is 14.3 Å². The van der Waals surface area contributed by atoms with Gasteiger partial charge in [-0.2, -0.15) is 0 Å². The zero-order chi connectivity index (χ0) is 29.7. The lowest BCUT2D eigenvalue weighted by molar-refractivity contribution is 0.0607. The summed E-state index contributed by atoms with van der Waals surface area (Å²) in [7, 11) is -2.95. The third-order valence-electron chi connectivity index (χ3n) is 5.12. The second-order valence-electron chi connectivity index (χ2n) is 10.1. The zero-order valence-electron chi connectivity index (χ0n) is 22.7. The van der Waals surface area contributed by atoms with Crippen LogP contribution in [0.5, 0.6) is 11.5 Å². The number of aromatic nitrogens is 2. The lowest BCUT2D eigenvalue weighted by atomic mass is 10.1. The summed E-state index contributed by atoms with van der Waals surface area (Å²) in [5.41, 5.74) is 6.30. The van der Waals surface area contributed by atoms with Gasteiger partial charge in [-0.05, 0) is 69.1 Å². The Morgan fingerprint density at radius 1 is 1.20 bits per heavy atom. The van der Waals surface area contributed by atoms with Crippen LogP contribution in [0.15, 0.2) is 47.0 Å². The highest BCUT2D eigenvalue weighted by molar-refractivity contribution is 7.92. The van der Waals surface area contributed by atoms with Crippen molar-refractivity contribution in [2.24, 2.45) is 4.36 Å². The number of carbonyl (C=O) groups excluding carboxylic acids is 1. The lowest BCUT2D eigenvalue weighted by Gasteiger charge is -2.18. The van der Waals surface area contributed by atoms with E-state index in [1.165, 1.54) is 12.3 Å². The van der Waals surface area contributed by atoms with Gasteiger partial charge in [-0.25, -0.2) is 27.8 Å². The predicted octanol–water partition coefficient (Wildman–Crippen LogP) is 6.43. The topological polar surface area (TPSA) is 126 Å². The van der Waals surface area contributed by atoms with Gasteiger partial charge in [0.25, 0.3) is 0 Å². The highest BCUT2D eigenvalue weighted by Crippen LogP contribution is 2.32. The quantitative estimate of drug-likeness (QED) is 0.221. The van der Waals surface area contributed by atoms with Crippen molar-refractivity contribution < 1.29 is 32.0 Å². The van der Waals surface area contributed by atoms with Crippen LogP contribution < -0.4 is 15.2 Å². The van der Waals surface area contributed by atoms with Crippen molar-refractivity contribution in [3.05, 3.63) is 65.1 Å². The number of anilines is 1. The lowest BCUT2D eigenvalue weighted by Crippen LogP contribution is -2.22. The average Bonchev–Trinajstić information content (AvgIpc) is 2.78. The van der Waals surface area contributed by atoms with Gasteiger partial charge in [0.1, 0.15) is 28.6 Å². The molecule has 0 spiro atoms. The second-order valence-corrected chi connectivity index (χ2v) is 12.9. The number of nitrogens with two attached hydrogens (primary N) is 1. The molecule has 0 radical (unpaired) electrons. The van der Waals surface area contributed by atoms with Gasteiger partial charge in [-0.15, -0.1) is 4.36 Å². The van der Waals surface area contributed by atoms with Crippen molar-refractivity contribution in [2.45, 2.75) is 51.6 Å². The van der Waals surface area contributed by atoms with E-state index in [1.807, 2.05) is 0 Å². The molecule has 0 aliphatic carbocycles. The normalized spacial score (nSPS) is 13.7. The molecule has 1 heterocycles. The maximum absolute atomic E-state index is 14.3. The molecule has 3 aromatic rings. The van der Waals surface area contributed by atoms with Crippen LogP contribution in [0.25, 0.3) is 11.3 Å². The number of nitrogen functional groups attached to an aromatic ring is 1. The number of hydrogen-bond donors (Lipinski definition) is 1. The first kappa shape index (κ1) is 31.0. The minimum Gasteiger partial charge on any atom is -0.493 e. The molecule has 13 heteroatoms. The van der Waals surface area contributed by atoms with Gasteiger partial charge in [0.05, 0.1) is 34.4 Å². The summed E-state index contributed by atoms with van der Waals surface area (Å²) >= 11 is 5.80. The standard InChI is InChI=1S/C27H31ClF2N4O5S/c1-16(8-9-37-23-12-18(29)6-7-21(23)24-22(30)14-32-25(28)33-24)38-20-11-17(10-19(31)13-20)15-40(5,36)34-26(35)39-27(2,3)4/h6-7,10-14,16H,8-9,15,31H2,1-5H3/t16-,40?/m0/s1. The van der Waals surface area contributed by atoms with Gasteiger partial charge < -0.3 is 19.9 Å². The number of rotatable bonds is 9. The number of amides is 1. The fourth-order valence-corrected chi connectivity index (χ4v) is 4.92. The smallest absolute Gasteiger partial charge is 0.442 e. The van der Waals surface area contributed by atoms with Crippen LogP contribution >= 0.6 is 11.6 Å². The molecule has 0 aliphatic rings. The average molecular weight is 597 g/mol. The molecule has 40 heavy (non-hydrogen) atoms. The Bertz CT molecular complexity index is 1510. The van der Waals surface area contributed by atoms with Gasteiger partial charge in [-0.3, -0.25) is 0 Å². The highest BCUT2D eigenvalue weighted by atomic mass is 35.5. The molecule has 0 bridgehead atoms. The van der Waals surface area contributed by atoms with E-state index in [9.17, 15) is 17.8 Å². The second kappa shape index (κ2) is 12.8. The first-order valence-electron chi connectivity index (χ1n) is 12.2. The molecule has 3 rings (SSSR count). The number of hydrogen-bond acceptors (Lipinski definition) is 8. The Morgan fingerprint density at radius 2 is 1.93 bits per heavy atom. The Hall–Kier alpha value is -3.51. The third-order valence-corrected chi connectivity index (χ3v) is 6.70. The molecule has 0 aliphatic heterocycles. The number of ether oxygens (including phenoxy) is 3. The molecule has 1 unspecified atom stereocenters. The zero-order valence-corrected chi connectivity index (χ0v) is 24.3. The molecule has 2 aromatic carbocycles. The summed E-state index contributed by atoms with van der Waals surface area (Å²) in [4.78, 5) is 19.5. The van der Waals surface area contributed by atoms with E-state index in [-0.39, 0.29) is 40.8 Å². The summed E-state index contributed by atoms with van der Waals surface area (Å²) < 4.78 is 61.8. The van der Waals surface area contributed by atoms with E-state index in [4.69, 9.17) is 31.5 Å². The minimum atomic E-state index is -2.95. The molecule has 9 nitrogen and oxygen atoms in total. The van der Waals surface area contributed by atoms with Crippen LogP contribution in [0.3, 0.4) is 0 Å². The molecule has 0 saturated heterocycles. The number of nitrogens with zero attached hydrogens (tertiary/aromatic N) is 3. The van der Waals surface area contributed by atoms with Crippen molar-refractivity contribution in [3.8, 4) is 22.8 Å². The monoisotopic (exact) mass is 596 g/mol. The first-order valence-corrected chi connectivity index (χ1v) is 14.7. The fraction of sp³-hybridized carbons (Fsp3) is 0.370. The molecular weight excluding hydrogens is 566 g/mol. The molecular formula is C27H31ClF2N4O5S. The molecule has 0 fully saturated rings. The van der Waals surface area contributed by atoms with Crippen LogP contribution in [0.1, 0.15) is 39.7 Å². The van der Waals surface area contributed by atoms with Gasteiger partial charge in [0.2, 0.25) is 5.28 Å². The SMILES string of the molecule is C[C@@H](CCOc1cc(F)ccc1-c1nc(Cl)ncc1F)Oc1cc(N)cc(CS(C)(=O)=NC(=O)OC(C)(C)C)c1. The van der Waals surface area contributed by atoms with Crippen molar-refractivity contribution in [3.63, 3.8) is 0 Å². The van der Waals surface area contributed by atoms with Crippen LogP contribution in [0.2, 0.25) is 5.28 Å². The van der Waals surface area contributed by atoms with Gasteiger partial charge in [-0.1, -0.05) is 0 Å². The van der Waals surface area contributed by atoms with Crippen LogP contribution in [-0.4, -0.2) is 44.8 Å². The highest BCUT2D eigenvalue weighted by Gasteiger charge is 2.19. The molecule has 1 aromatic heterocycles. The molecule has 1 amide bonds. The van der Waals surface area contributed by atoms with Gasteiger partial charge in [0.15, 0.2) is 5.82 Å². The van der Waals surface area contributed by atoms with Gasteiger partial charge in [0, 0.05) is 36.1 Å². The number of carbonyl (C=O) groups is 1. The summed E-state index contributed by atoms with van der Waals surface area (Å²) in [6, 6.07) is 8.53. The summed E-state index contributed by atoms with van der Waals surface area (Å²) in [5, 5.41) is -0.160. The maximum atomic E-state index is 14.3. The van der Waals surface area contributed by atoms with Gasteiger partial charge >= 0.3 is 6.09 Å². The first-order chi connectivity index (χ1) is 18.6. The van der Waals surface area contributed by atoms with E-state index in [0.29, 0.717) is 23.4 Å². The number of benzene rings is 2. The van der Waals surface area contributed by atoms with E-state index in [0.717, 1.165) is 18.3 Å². The largest absolute Gasteiger partial charge is 0.493 e. The Morgan fingerprint density at radius 3 is 2.62 bits per heavy atom. The Balaban J connectivity index is 1.66. The van der Waals surface area contributed by atoms with Crippen molar-refractivity contribution in [2.75, 3.05) is 18.6 Å². The van der Waals surface area contributed by atoms with Crippen LogP contribution in [0, 0.1) is 11.6 Å². The summed E-state index contributed by atoms with van der Waals surface area (Å²) in [6.07, 6.45) is 1.37. The van der Waals surface area contributed by atoms with E-state index >= 15 is 0 Å². The maximum Gasteiger partial charge on any atom is 0.442 e. The predicted molar refractivity (Wildman–Crippen MR) is 150 cm³/mol. The summed E-state index contributed by atoms with van der Waals surface area (Å²) in [6.45, 7) is 6.97. The molecule has 2 atom stereocenters. The molecule has 0 saturated carbocycles. The molecule has 2 N–H and O–H groups in total. The third kappa shape index (κ3) is 9.60. The fourth-order valence-electron chi connectivity index (χ4n) is 3.59. The van der Waals surface area contributed by atoms with Crippen LogP contribution in [-0.2, 0) is 20.2 Å². The van der Waals surface area contributed by atoms with Crippen LogP contribution in [0.4, 0.5) is 19.3 Å². The Kier molecular flexibility index (Phi) is 9.91. The van der Waals surface area contributed by atoms with Crippen molar-refractivity contribution >= 4 is 33.1 Å². The van der Waals surface area contributed by atoms with Crippen molar-refractivity contribution in [1.82, 2.24) is 9.97 Å². The molecule has 216 valence electrons. The van der Waals surface area contributed by atoms with E-state index < -0.39 is 33.1 Å². The van der Waals surface area contributed by atoms with E-state index in [1.54, 1.807) is 45.9 Å². The Labute approximate surface area is 237 Å². The van der Waals surface area contributed by atoms with Crippen molar-refractivity contribution in [1.29, 1.82) is 0 Å².